The quantitative estimate of drug-likeness (QED) is 0.0407. The first-order valence-electron chi connectivity index (χ1n) is 19.4. The zero-order valence-corrected chi connectivity index (χ0v) is 33.4. The van der Waals surface area contributed by atoms with E-state index in [4.69, 9.17) is 14.6 Å². The van der Waals surface area contributed by atoms with Crippen molar-refractivity contribution < 1.29 is 89.0 Å². The molecule has 0 spiro atoms. The zero-order valence-electron chi connectivity index (χ0n) is 33.4. The molecule has 342 valence electrons. The third-order valence-corrected chi connectivity index (χ3v) is 9.86. The number of unbranched alkanes of at least 4 members (excludes halogenated alkanes) is 1. The van der Waals surface area contributed by atoms with E-state index in [1.807, 2.05) is 0 Å². The molecule has 2 aliphatic heterocycles. The minimum Gasteiger partial charge on any atom is -0.480 e. The molecule has 0 bridgehead atoms. The highest BCUT2D eigenvalue weighted by atomic mass is 16.7. The van der Waals surface area contributed by atoms with Gasteiger partial charge < -0.3 is 87.3 Å². The number of hydrogen-bond acceptors (Lipinski definition) is 17. The van der Waals surface area contributed by atoms with Crippen LogP contribution in [0.4, 0.5) is 0 Å². The van der Waals surface area contributed by atoms with Gasteiger partial charge in [0.1, 0.15) is 36.5 Å². The van der Waals surface area contributed by atoms with Gasteiger partial charge in [-0.1, -0.05) is 50.6 Å². The normalized spacial score (nSPS) is 27.4. The van der Waals surface area contributed by atoms with Gasteiger partial charge in [0.2, 0.25) is 35.2 Å². The van der Waals surface area contributed by atoms with Crippen LogP contribution >= 0.6 is 0 Å². The summed E-state index contributed by atoms with van der Waals surface area (Å²) in [5.74, 6) is -13.0. The Kier molecular flexibility index (Phi) is 18.9. The number of amides is 4. The number of benzene rings is 1. The van der Waals surface area contributed by atoms with Crippen LogP contribution < -0.4 is 31.9 Å². The van der Waals surface area contributed by atoms with E-state index in [0.29, 0.717) is 5.56 Å². The van der Waals surface area contributed by atoms with E-state index >= 15 is 0 Å². The van der Waals surface area contributed by atoms with Crippen molar-refractivity contribution in [2.24, 2.45) is 5.92 Å². The summed E-state index contributed by atoms with van der Waals surface area (Å²) in [5.41, 5.74) is 0.650. The first kappa shape index (κ1) is 50.5. The van der Waals surface area contributed by atoms with Gasteiger partial charge in [-0.05, 0) is 37.3 Å². The number of aliphatic carboxylic acids is 3. The van der Waals surface area contributed by atoms with E-state index in [0.717, 1.165) is 0 Å². The van der Waals surface area contributed by atoms with Crippen LogP contribution in [0.2, 0.25) is 0 Å². The lowest BCUT2D eigenvalue weighted by Crippen LogP contribution is -2.56. The lowest BCUT2D eigenvalue weighted by atomic mass is 10.0. The van der Waals surface area contributed by atoms with E-state index in [-0.39, 0.29) is 44.6 Å². The maximum atomic E-state index is 13.3. The van der Waals surface area contributed by atoms with E-state index in [1.54, 1.807) is 44.2 Å². The van der Waals surface area contributed by atoms with Gasteiger partial charge >= 0.3 is 17.9 Å². The monoisotopic (exact) mass is 872 g/mol. The summed E-state index contributed by atoms with van der Waals surface area (Å²) in [6.07, 6.45) is -11.3. The highest BCUT2D eigenvalue weighted by Gasteiger charge is 2.57. The van der Waals surface area contributed by atoms with Crippen molar-refractivity contribution in [1.82, 2.24) is 31.9 Å². The van der Waals surface area contributed by atoms with Crippen molar-refractivity contribution in [3.05, 3.63) is 35.9 Å². The number of carbonyl (C=O) groups excluding carboxylic acids is 4. The maximum absolute atomic E-state index is 13.3. The second kappa shape index (κ2) is 22.8. The molecule has 1 aromatic carbocycles. The topological polar surface area (TPSA) is 392 Å². The molecule has 0 aliphatic carbocycles. The largest absolute Gasteiger partial charge is 0.480 e. The number of aliphatic hydroxyl groups excluding tert-OH is 4. The number of hydrogen-bond donors (Lipinski definition) is 15. The van der Waals surface area contributed by atoms with Crippen LogP contribution in [0, 0.1) is 5.92 Å². The molecule has 2 unspecified atom stereocenters. The average Bonchev–Trinajstić information content (AvgIpc) is 3.57. The molecule has 0 aromatic heterocycles. The van der Waals surface area contributed by atoms with Gasteiger partial charge in [0.15, 0.2) is 12.2 Å². The third-order valence-electron chi connectivity index (χ3n) is 9.86. The Morgan fingerprint density at radius 2 is 1.25 bits per heavy atom. The summed E-state index contributed by atoms with van der Waals surface area (Å²) in [5, 5.41) is 105. The van der Waals surface area contributed by atoms with E-state index < -0.39 is 134 Å². The predicted octanol–water partition coefficient (Wildman–Crippen LogP) is -5.93. The Bertz CT molecular complexity index is 1690. The minimum atomic E-state index is -2.67. The first-order chi connectivity index (χ1) is 28.6. The molecule has 24 nitrogen and oxygen atoms in total. The highest BCUT2D eigenvalue weighted by Crippen LogP contribution is 2.30. The molecule has 2 aliphatic rings. The summed E-state index contributed by atoms with van der Waals surface area (Å²) in [6, 6.07) is 4.86. The highest BCUT2D eigenvalue weighted by molar-refractivity contribution is 5.93. The fourth-order valence-electron chi connectivity index (χ4n) is 6.53. The van der Waals surface area contributed by atoms with Gasteiger partial charge in [0.25, 0.3) is 0 Å². The van der Waals surface area contributed by atoms with Gasteiger partial charge in [0.05, 0.1) is 32.2 Å². The third kappa shape index (κ3) is 14.6. The smallest absolute Gasteiger partial charge is 0.335 e. The van der Waals surface area contributed by atoms with Crippen LogP contribution in [0.5, 0.6) is 0 Å². The zero-order chi connectivity index (χ0) is 45.7. The van der Waals surface area contributed by atoms with E-state index in [2.05, 4.69) is 31.9 Å². The summed E-state index contributed by atoms with van der Waals surface area (Å²) in [6.45, 7) is 1.03. The number of carboxylic acids is 3. The molecule has 24 heteroatoms. The van der Waals surface area contributed by atoms with Gasteiger partial charge in [-0.15, -0.1) is 0 Å². The SMILES string of the molecule is CC(C)C[C@H](NC(=O)[C@H](Cc1ccccc1)NC(=O)CNC(=O)CNC(=O)[C@H](CCCCNCC1(O)O[C@H](C(=O)O)[C@@H](O)[C@@H]1O)NCC1(O)O[C@H](C(=O)O)[C@@H](O)[C@@H]1O)C(=O)O. The summed E-state index contributed by atoms with van der Waals surface area (Å²) >= 11 is 0. The van der Waals surface area contributed by atoms with E-state index in [1.165, 1.54) is 0 Å². The fraction of sp³-hybridized carbons (Fsp3) is 0.649. The number of rotatable bonds is 25. The van der Waals surface area contributed by atoms with Gasteiger partial charge in [-0.25, -0.2) is 14.4 Å². The summed E-state index contributed by atoms with van der Waals surface area (Å²) < 4.78 is 9.91. The van der Waals surface area contributed by atoms with Crippen molar-refractivity contribution in [3.63, 3.8) is 0 Å². The first-order valence-corrected chi connectivity index (χ1v) is 19.4. The second-order valence-electron chi connectivity index (χ2n) is 15.3. The molecule has 0 saturated carbocycles. The Hall–Kier alpha value is -4.89. The van der Waals surface area contributed by atoms with Crippen LogP contribution in [-0.4, -0.2) is 187 Å². The number of carbonyl (C=O) groups is 7. The van der Waals surface area contributed by atoms with Gasteiger partial charge in [-0.2, -0.15) is 0 Å². The Morgan fingerprint density at radius 3 is 1.77 bits per heavy atom. The lowest BCUT2D eigenvalue weighted by molar-refractivity contribution is -0.227. The average molecular weight is 873 g/mol. The fourth-order valence-corrected chi connectivity index (χ4v) is 6.53. The minimum absolute atomic E-state index is 0.00883. The molecule has 15 N–H and O–H groups in total. The molecule has 2 saturated heterocycles. The summed E-state index contributed by atoms with van der Waals surface area (Å²) in [4.78, 5) is 86.5. The maximum Gasteiger partial charge on any atom is 0.335 e. The molecular formula is C37H56N6O18. The van der Waals surface area contributed by atoms with Crippen LogP contribution in [0.25, 0.3) is 0 Å². The van der Waals surface area contributed by atoms with Crippen molar-refractivity contribution in [1.29, 1.82) is 0 Å². The second-order valence-corrected chi connectivity index (χ2v) is 15.3. The molecule has 3 rings (SSSR count). The Balaban J connectivity index is 1.58. The number of nitrogens with one attached hydrogen (secondary N) is 6. The van der Waals surface area contributed by atoms with Crippen LogP contribution in [-0.2, 0) is 49.5 Å². The number of carboxylic acid groups (broad SMARTS) is 3. The molecule has 2 fully saturated rings. The van der Waals surface area contributed by atoms with Crippen LogP contribution in [0.1, 0.15) is 45.1 Å². The predicted molar refractivity (Wildman–Crippen MR) is 205 cm³/mol. The molecule has 4 amide bonds. The Labute approximate surface area is 349 Å². The molecule has 0 radical (unpaired) electrons. The molecule has 1 aromatic rings. The molecule has 11 atom stereocenters. The molecule has 2 heterocycles. The van der Waals surface area contributed by atoms with E-state index in [9.17, 15) is 74.4 Å². The standard InChI is InChI=1S/C37H56N6O18/c1-18(2)12-22(33(52)53)43-32(51)21(13-19-8-4-3-5-9-19)42-24(45)15-39-23(44)14-40-31(50)20(41-17-37(59)30(49)26(47)28(61-37)35(56)57)10-6-7-11-38-16-36(58)29(48)25(46)27(60-36)34(54)55/h3-5,8-9,18,20-22,25-30,38,41,46-49,58-59H,6-7,10-17H2,1-2H3,(H,39,44)(H,40,50)(H,42,45)(H,43,51)(H,52,53)(H,54,55)(H,56,57)/t20-,21-,22-,25+,26+,27-,28-,29-,30-,36?,37?/m0/s1. The molecular weight excluding hydrogens is 816 g/mol. The summed E-state index contributed by atoms with van der Waals surface area (Å²) in [7, 11) is 0. The van der Waals surface area contributed by atoms with Crippen molar-refractivity contribution in [2.45, 2.75) is 112 Å². The number of aliphatic hydroxyl groups is 6. The van der Waals surface area contributed by atoms with Crippen LogP contribution in [0.3, 0.4) is 0 Å². The molecule has 61 heavy (non-hydrogen) atoms. The Morgan fingerprint density at radius 1 is 0.689 bits per heavy atom. The van der Waals surface area contributed by atoms with Gasteiger partial charge in [-0.3, -0.25) is 19.2 Å². The van der Waals surface area contributed by atoms with Crippen molar-refractivity contribution in [3.8, 4) is 0 Å². The lowest BCUT2D eigenvalue weighted by Gasteiger charge is -2.28. The van der Waals surface area contributed by atoms with Gasteiger partial charge in [0, 0.05) is 6.42 Å². The van der Waals surface area contributed by atoms with Crippen LogP contribution in [0.15, 0.2) is 30.3 Å². The number of ether oxygens (including phenoxy) is 2. The van der Waals surface area contributed by atoms with Crippen molar-refractivity contribution in [2.75, 3.05) is 32.7 Å². The van der Waals surface area contributed by atoms with Crippen molar-refractivity contribution >= 4 is 41.5 Å².